The summed E-state index contributed by atoms with van der Waals surface area (Å²) in [6, 6.07) is 1.05. The summed E-state index contributed by atoms with van der Waals surface area (Å²) in [6.07, 6.45) is 0.746. The predicted octanol–water partition coefficient (Wildman–Crippen LogP) is 3.38. The van der Waals surface area contributed by atoms with E-state index in [1.54, 1.807) is 6.92 Å². The van der Waals surface area contributed by atoms with Crippen LogP contribution in [0.5, 0.6) is 0 Å². The number of aromatic carboxylic acids is 1. The van der Waals surface area contributed by atoms with Crippen LogP contribution in [0.3, 0.4) is 0 Å². The highest BCUT2D eigenvalue weighted by Gasteiger charge is 2.23. The second kappa shape index (κ2) is 6.95. The van der Waals surface area contributed by atoms with Crippen LogP contribution in [0.4, 0.5) is 23.4 Å². The van der Waals surface area contributed by atoms with Crippen LogP contribution in [0.15, 0.2) is 23.1 Å². The van der Waals surface area contributed by atoms with Crippen molar-refractivity contribution in [2.24, 2.45) is 0 Å². The number of hydrogen-bond acceptors (Lipinski definition) is 4. The first-order chi connectivity index (χ1) is 13.2. The van der Waals surface area contributed by atoms with Gasteiger partial charge in [-0.3, -0.25) is 9.36 Å². The van der Waals surface area contributed by atoms with E-state index in [9.17, 15) is 32.3 Å². The zero-order valence-electron chi connectivity index (χ0n) is 14.6. The molecule has 0 atom stereocenters. The topological polar surface area (TPSA) is 84.2 Å². The number of hydrogen-bond donors (Lipinski definition) is 2. The Hall–Kier alpha value is -3.43. The third-order valence-corrected chi connectivity index (χ3v) is 4.12. The van der Waals surface area contributed by atoms with E-state index in [2.05, 4.69) is 10.3 Å². The maximum atomic E-state index is 14.5. The van der Waals surface area contributed by atoms with Crippen LogP contribution in [-0.2, 0) is 0 Å². The molecule has 6 nitrogen and oxygen atoms in total. The van der Waals surface area contributed by atoms with Crippen molar-refractivity contribution in [3.8, 4) is 5.82 Å². The largest absolute Gasteiger partial charge is 0.477 e. The number of nitrogens with zero attached hydrogens (tertiary/aromatic N) is 2. The molecule has 2 heterocycles. The number of fused-ring (bicyclic) bond motifs is 1. The third-order valence-electron chi connectivity index (χ3n) is 4.12. The average molecular weight is 395 g/mol. The number of benzene rings is 1. The van der Waals surface area contributed by atoms with Crippen molar-refractivity contribution in [3.63, 3.8) is 0 Å². The van der Waals surface area contributed by atoms with Gasteiger partial charge in [0.25, 0.3) is 0 Å². The van der Waals surface area contributed by atoms with Gasteiger partial charge in [-0.05, 0) is 19.9 Å². The van der Waals surface area contributed by atoms with Crippen molar-refractivity contribution in [2.45, 2.75) is 13.8 Å². The lowest BCUT2D eigenvalue weighted by Gasteiger charge is -2.16. The van der Waals surface area contributed by atoms with Crippen LogP contribution < -0.4 is 10.7 Å². The summed E-state index contributed by atoms with van der Waals surface area (Å²) < 4.78 is 57.1. The Kier molecular flexibility index (Phi) is 4.80. The number of carboxylic acid groups (broad SMARTS) is 1. The molecule has 146 valence electrons. The van der Waals surface area contributed by atoms with Gasteiger partial charge in [0.15, 0.2) is 34.9 Å². The minimum atomic E-state index is -1.66. The lowest BCUT2D eigenvalue weighted by atomic mass is 10.1. The fourth-order valence-corrected chi connectivity index (χ4v) is 2.86. The van der Waals surface area contributed by atoms with E-state index in [4.69, 9.17) is 0 Å². The van der Waals surface area contributed by atoms with Gasteiger partial charge in [-0.15, -0.1) is 0 Å². The number of halogens is 4. The first-order valence-electron chi connectivity index (χ1n) is 8.04. The monoisotopic (exact) mass is 395 g/mol. The molecule has 0 fully saturated rings. The molecule has 0 saturated heterocycles. The van der Waals surface area contributed by atoms with Gasteiger partial charge in [0, 0.05) is 24.4 Å². The number of aryl methyl sites for hydroxylation is 1. The highest BCUT2D eigenvalue weighted by atomic mass is 19.2. The molecule has 0 aliphatic carbocycles. The van der Waals surface area contributed by atoms with Crippen LogP contribution in [0.2, 0.25) is 0 Å². The van der Waals surface area contributed by atoms with Crippen molar-refractivity contribution in [1.29, 1.82) is 0 Å². The van der Waals surface area contributed by atoms with E-state index < -0.39 is 51.4 Å². The Morgan fingerprint density at radius 3 is 2.46 bits per heavy atom. The summed E-state index contributed by atoms with van der Waals surface area (Å²) in [5, 5.41) is 11.4. The van der Waals surface area contributed by atoms with Gasteiger partial charge in [0.2, 0.25) is 5.43 Å². The molecule has 2 N–H and O–H groups in total. The molecule has 2 aromatic heterocycles. The first kappa shape index (κ1) is 19.3. The molecule has 0 unspecified atom stereocenters. The van der Waals surface area contributed by atoms with E-state index in [-0.39, 0.29) is 23.4 Å². The number of pyridine rings is 2. The van der Waals surface area contributed by atoms with E-state index in [0.29, 0.717) is 12.1 Å². The summed E-state index contributed by atoms with van der Waals surface area (Å²) >= 11 is 0. The van der Waals surface area contributed by atoms with Gasteiger partial charge in [-0.25, -0.2) is 27.3 Å². The second-order valence-corrected chi connectivity index (χ2v) is 5.90. The number of carbonyl (C=O) groups is 1. The van der Waals surface area contributed by atoms with E-state index in [1.165, 1.54) is 0 Å². The minimum absolute atomic E-state index is 0.249. The lowest BCUT2D eigenvalue weighted by Crippen LogP contribution is -2.21. The molecule has 0 radical (unpaired) electrons. The van der Waals surface area contributed by atoms with Crippen molar-refractivity contribution >= 4 is 22.7 Å². The number of anilines is 1. The SMILES string of the molecule is CCNc1nc(-n2cc(C(=O)O)c(=O)c3cc(F)c(F)c(C)c32)c(F)cc1F. The van der Waals surface area contributed by atoms with Crippen molar-refractivity contribution < 1.29 is 27.5 Å². The summed E-state index contributed by atoms with van der Waals surface area (Å²) in [7, 11) is 0. The Labute approximate surface area is 155 Å². The minimum Gasteiger partial charge on any atom is -0.477 e. The Morgan fingerprint density at radius 2 is 1.86 bits per heavy atom. The van der Waals surface area contributed by atoms with Gasteiger partial charge in [-0.2, -0.15) is 0 Å². The van der Waals surface area contributed by atoms with Gasteiger partial charge >= 0.3 is 5.97 Å². The summed E-state index contributed by atoms with van der Waals surface area (Å²) in [4.78, 5) is 27.6. The molecule has 3 aromatic rings. The number of rotatable bonds is 4. The van der Waals surface area contributed by atoms with E-state index in [0.717, 1.165) is 17.7 Å². The van der Waals surface area contributed by atoms with Crippen LogP contribution in [0.1, 0.15) is 22.8 Å². The van der Waals surface area contributed by atoms with Gasteiger partial charge in [0.05, 0.1) is 10.9 Å². The fraction of sp³-hybridized carbons (Fsp3) is 0.167. The van der Waals surface area contributed by atoms with Gasteiger partial charge < -0.3 is 10.4 Å². The molecule has 10 heteroatoms. The van der Waals surface area contributed by atoms with Crippen LogP contribution in [0, 0.1) is 30.2 Å². The zero-order chi connectivity index (χ0) is 20.7. The smallest absolute Gasteiger partial charge is 0.341 e. The molecule has 28 heavy (non-hydrogen) atoms. The average Bonchev–Trinajstić information content (AvgIpc) is 2.63. The lowest BCUT2D eigenvalue weighted by molar-refractivity contribution is 0.0695. The zero-order valence-corrected chi connectivity index (χ0v) is 14.6. The molecular weight excluding hydrogens is 382 g/mol. The molecule has 0 amide bonds. The number of nitrogens with one attached hydrogen (secondary N) is 1. The highest BCUT2D eigenvalue weighted by Crippen LogP contribution is 2.27. The van der Waals surface area contributed by atoms with E-state index in [1.807, 2.05) is 0 Å². The molecule has 0 saturated carbocycles. The fourth-order valence-electron chi connectivity index (χ4n) is 2.86. The molecular formula is C18H13F4N3O3. The normalized spacial score (nSPS) is 11.1. The van der Waals surface area contributed by atoms with E-state index >= 15 is 0 Å². The Bertz CT molecular complexity index is 1190. The maximum Gasteiger partial charge on any atom is 0.341 e. The summed E-state index contributed by atoms with van der Waals surface area (Å²) in [5.41, 5.74) is -2.53. The molecule has 0 spiro atoms. The molecule has 1 aromatic carbocycles. The number of aromatic nitrogens is 2. The van der Waals surface area contributed by atoms with Gasteiger partial charge in [0.1, 0.15) is 5.56 Å². The molecule has 0 aliphatic rings. The second-order valence-electron chi connectivity index (χ2n) is 5.90. The van der Waals surface area contributed by atoms with Crippen molar-refractivity contribution in [3.05, 3.63) is 62.9 Å². The molecule has 0 aliphatic heterocycles. The van der Waals surface area contributed by atoms with Crippen LogP contribution in [-0.4, -0.2) is 27.2 Å². The standard InChI is InChI=1S/C18H13F4N3O3/c1-3-23-16-11(20)5-12(21)17(24-16)25-6-9(18(27)28)15(26)8-4-10(19)13(22)7(2)14(8)25/h4-6H,3H2,1-2H3,(H,23,24)(H,27,28). The summed E-state index contributed by atoms with van der Waals surface area (Å²) in [5.74, 6) is -7.42. The molecule has 0 bridgehead atoms. The van der Waals surface area contributed by atoms with Crippen molar-refractivity contribution in [2.75, 3.05) is 11.9 Å². The number of carboxylic acids is 1. The highest BCUT2D eigenvalue weighted by molar-refractivity contribution is 5.94. The Balaban J connectivity index is 2.53. The van der Waals surface area contributed by atoms with Crippen molar-refractivity contribution in [1.82, 2.24) is 9.55 Å². The Morgan fingerprint density at radius 1 is 1.18 bits per heavy atom. The maximum absolute atomic E-state index is 14.5. The summed E-state index contributed by atoms with van der Waals surface area (Å²) in [6.45, 7) is 3.03. The first-order valence-corrected chi connectivity index (χ1v) is 8.04. The van der Waals surface area contributed by atoms with Crippen LogP contribution >= 0.6 is 0 Å². The molecule has 3 rings (SSSR count). The van der Waals surface area contributed by atoms with Gasteiger partial charge in [-0.1, -0.05) is 0 Å². The quantitative estimate of drug-likeness (QED) is 0.662. The third kappa shape index (κ3) is 2.96. The predicted molar refractivity (Wildman–Crippen MR) is 93.0 cm³/mol. The van der Waals surface area contributed by atoms with Crippen LogP contribution in [0.25, 0.3) is 16.7 Å².